The lowest BCUT2D eigenvalue weighted by Gasteiger charge is -1.86. The Kier molecular flexibility index (Phi) is 1.87. The van der Waals surface area contributed by atoms with E-state index in [4.69, 9.17) is 0 Å². The van der Waals surface area contributed by atoms with Gasteiger partial charge in [-0.05, 0) is 12.8 Å². The van der Waals surface area contributed by atoms with E-state index in [0.29, 0.717) is 0 Å². The van der Waals surface area contributed by atoms with Gasteiger partial charge < -0.3 is 0 Å². The minimum absolute atomic E-state index is 1.18. The van der Waals surface area contributed by atoms with E-state index in [9.17, 15) is 0 Å². The van der Waals surface area contributed by atoms with Gasteiger partial charge >= 0.3 is 0 Å². The van der Waals surface area contributed by atoms with Crippen LogP contribution in [0.15, 0.2) is 6.08 Å². The summed E-state index contributed by atoms with van der Waals surface area (Å²) in [6.07, 6.45) is 5.98. The predicted octanol–water partition coefficient (Wildman–Crippen LogP) is 1.04. The SMILES string of the molecule is C[N+]1=C=CCCCC1. The summed E-state index contributed by atoms with van der Waals surface area (Å²) in [5, 5.41) is 0. The Morgan fingerprint density at radius 3 is 3.25 bits per heavy atom. The van der Waals surface area contributed by atoms with E-state index in [1.165, 1.54) is 25.8 Å². The molecule has 0 saturated carbocycles. The molecular weight excluding hydrogens is 98.1 g/mol. The summed E-state index contributed by atoms with van der Waals surface area (Å²) in [6.45, 7) is 1.18. The van der Waals surface area contributed by atoms with Gasteiger partial charge in [0.25, 0.3) is 0 Å². The average Bonchev–Trinajstić information content (AvgIpc) is 1.94. The van der Waals surface area contributed by atoms with Crippen LogP contribution in [-0.4, -0.2) is 24.0 Å². The molecule has 0 unspecified atom stereocenters. The maximum Gasteiger partial charge on any atom is 0.162 e. The third-order valence-electron chi connectivity index (χ3n) is 1.40. The zero-order valence-electron chi connectivity index (χ0n) is 5.35. The molecule has 1 rings (SSSR count). The van der Waals surface area contributed by atoms with E-state index in [1.807, 2.05) is 0 Å². The first kappa shape index (κ1) is 5.58. The topological polar surface area (TPSA) is 3.01 Å². The van der Waals surface area contributed by atoms with E-state index in [0.717, 1.165) is 0 Å². The molecule has 1 heteroatoms. The third kappa shape index (κ3) is 1.51. The molecule has 0 aromatic rings. The molecule has 8 heavy (non-hydrogen) atoms. The number of hydrogen-bond acceptors (Lipinski definition) is 0. The first-order valence-corrected chi connectivity index (χ1v) is 3.18. The number of hydrogen-bond donors (Lipinski definition) is 0. The van der Waals surface area contributed by atoms with Crippen molar-refractivity contribution in [2.75, 3.05) is 13.6 Å². The Morgan fingerprint density at radius 2 is 2.38 bits per heavy atom. The molecule has 0 aromatic heterocycles. The van der Waals surface area contributed by atoms with Gasteiger partial charge in [0.2, 0.25) is 0 Å². The van der Waals surface area contributed by atoms with Gasteiger partial charge in [0, 0.05) is 12.5 Å². The van der Waals surface area contributed by atoms with Crippen LogP contribution in [0.25, 0.3) is 0 Å². The Bertz CT molecular complexity index is 129. The highest BCUT2D eigenvalue weighted by Gasteiger charge is 1.96. The van der Waals surface area contributed by atoms with E-state index < -0.39 is 0 Å². The van der Waals surface area contributed by atoms with Crippen molar-refractivity contribution >= 4 is 5.87 Å². The summed E-state index contributed by atoms with van der Waals surface area (Å²) < 4.78 is 2.12. The van der Waals surface area contributed by atoms with Gasteiger partial charge in [-0.2, -0.15) is 4.58 Å². The molecule has 1 aliphatic heterocycles. The summed E-state index contributed by atoms with van der Waals surface area (Å²) in [5.74, 6) is 3.15. The van der Waals surface area contributed by atoms with Crippen molar-refractivity contribution < 1.29 is 4.58 Å². The largest absolute Gasteiger partial charge is 0.191 e. The van der Waals surface area contributed by atoms with Crippen molar-refractivity contribution in [3.05, 3.63) is 6.08 Å². The van der Waals surface area contributed by atoms with Crippen LogP contribution in [0.3, 0.4) is 0 Å². The lowest BCUT2D eigenvalue weighted by Crippen LogP contribution is -2.03. The van der Waals surface area contributed by atoms with Gasteiger partial charge in [-0.15, -0.1) is 0 Å². The lowest BCUT2D eigenvalue weighted by atomic mass is 10.2. The first-order valence-electron chi connectivity index (χ1n) is 3.18. The summed E-state index contributed by atoms with van der Waals surface area (Å²) in [4.78, 5) is 0. The Morgan fingerprint density at radius 1 is 1.50 bits per heavy atom. The molecule has 0 fully saturated rings. The van der Waals surface area contributed by atoms with E-state index in [-0.39, 0.29) is 0 Å². The molecule has 0 aliphatic carbocycles. The Balaban J connectivity index is 2.56. The maximum atomic E-state index is 3.15. The second-order valence-electron chi connectivity index (χ2n) is 2.25. The summed E-state index contributed by atoms with van der Waals surface area (Å²) in [7, 11) is 2.07. The normalized spacial score (nSPS) is 19.9. The van der Waals surface area contributed by atoms with Crippen LogP contribution in [0.5, 0.6) is 0 Å². The van der Waals surface area contributed by atoms with Gasteiger partial charge in [0.1, 0.15) is 7.05 Å². The quantitative estimate of drug-likeness (QED) is 0.410. The Labute approximate surface area is 50.3 Å². The van der Waals surface area contributed by atoms with Crippen molar-refractivity contribution in [3.63, 3.8) is 0 Å². The number of nitrogens with zero attached hydrogens (tertiary/aromatic N) is 1. The van der Waals surface area contributed by atoms with Crippen molar-refractivity contribution in [2.45, 2.75) is 19.3 Å². The minimum Gasteiger partial charge on any atom is -0.191 e. The molecule has 1 aliphatic rings. The fourth-order valence-corrected chi connectivity index (χ4v) is 0.880. The van der Waals surface area contributed by atoms with Gasteiger partial charge in [0.15, 0.2) is 12.4 Å². The van der Waals surface area contributed by atoms with Crippen molar-refractivity contribution in [2.24, 2.45) is 0 Å². The summed E-state index contributed by atoms with van der Waals surface area (Å²) in [6, 6.07) is 0. The molecule has 0 bridgehead atoms. The zero-order valence-corrected chi connectivity index (χ0v) is 5.35. The standard InChI is InChI=1S/C7H12N/c1-8-6-4-2-3-5-7-8/h4H,2-3,5,7H2,1H3/q+1. The molecule has 0 N–H and O–H groups in total. The number of allylic oxidation sites excluding steroid dienone is 1. The van der Waals surface area contributed by atoms with Crippen LogP contribution < -0.4 is 0 Å². The summed E-state index contributed by atoms with van der Waals surface area (Å²) >= 11 is 0. The first-order chi connectivity index (χ1) is 3.89. The van der Waals surface area contributed by atoms with Gasteiger partial charge in [-0.25, -0.2) is 0 Å². The molecule has 0 aromatic carbocycles. The number of rotatable bonds is 0. The molecule has 0 atom stereocenters. The van der Waals surface area contributed by atoms with E-state index >= 15 is 0 Å². The molecule has 1 heterocycles. The fraction of sp³-hybridized carbons (Fsp3) is 0.714. The fourth-order valence-electron chi connectivity index (χ4n) is 0.880. The average molecular weight is 110 g/mol. The molecule has 0 radical (unpaired) electrons. The molecular formula is C7H12N+. The predicted molar refractivity (Wildman–Crippen MR) is 34.5 cm³/mol. The molecule has 0 amide bonds. The van der Waals surface area contributed by atoms with Crippen LogP contribution in [-0.2, 0) is 0 Å². The Hall–Kier alpha value is -0.550. The van der Waals surface area contributed by atoms with E-state index in [1.54, 1.807) is 0 Å². The van der Waals surface area contributed by atoms with Crippen molar-refractivity contribution in [1.82, 2.24) is 0 Å². The highest BCUT2D eigenvalue weighted by atomic mass is 14.9. The smallest absolute Gasteiger partial charge is 0.162 e. The van der Waals surface area contributed by atoms with Gasteiger partial charge in [-0.3, -0.25) is 0 Å². The van der Waals surface area contributed by atoms with Gasteiger partial charge in [0.05, 0.1) is 0 Å². The van der Waals surface area contributed by atoms with Gasteiger partial charge in [-0.1, -0.05) is 0 Å². The lowest BCUT2D eigenvalue weighted by molar-refractivity contribution is -0.490. The van der Waals surface area contributed by atoms with Crippen LogP contribution in [0.4, 0.5) is 0 Å². The highest BCUT2D eigenvalue weighted by Crippen LogP contribution is 1.96. The minimum atomic E-state index is 1.18. The molecule has 0 saturated heterocycles. The zero-order chi connectivity index (χ0) is 5.82. The third-order valence-corrected chi connectivity index (χ3v) is 1.40. The van der Waals surface area contributed by atoms with Crippen LogP contribution in [0.2, 0.25) is 0 Å². The second kappa shape index (κ2) is 2.68. The van der Waals surface area contributed by atoms with Crippen LogP contribution in [0, 0.1) is 0 Å². The highest BCUT2D eigenvalue weighted by molar-refractivity contribution is 5.45. The van der Waals surface area contributed by atoms with Crippen LogP contribution in [0.1, 0.15) is 19.3 Å². The van der Waals surface area contributed by atoms with Crippen molar-refractivity contribution in [1.29, 1.82) is 0 Å². The van der Waals surface area contributed by atoms with Crippen molar-refractivity contribution in [3.8, 4) is 0 Å². The molecule has 1 nitrogen and oxygen atoms in total. The van der Waals surface area contributed by atoms with Crippen LogP contribution >= 0.6 is 0 Å². The summed E-state index contributed by atoms with van der Waals surface area (Å²) in [5.41, 5.74) is 0. The monoisotopic (exact) mass is 110 g/mol. The van der Waals surface area contributed by atoms with E-state index in [2.05, 4.69) is 23.6 Å². The molecule has 44 valence electrons. The maximum absolute atomic E-state index is 3.15. The second-order valence-corrected chi connectivity index (χ2v) is 2.25. The molecule has 0 spiro atoms.